The first-order chi connectivity index (χ1) is 7.88. The van der Waals surface area contributed by atoms with Gasteiger partial charge in [-0.1, -0.05) is 6.92 Å². The minimum atomic E-state index is -0.760. The zero-order valence-electron chi connectivity index (χ0n) is 10.2. The average molecular weight is 240 g/mol. The maximum atomic E-state index is 13.7. The molecule has 0 aliphatic rings. The fourth-order valence-electron chi connectivity index (χ4n) is 1.17. The summed E-state index contributed by atoms with van der Waals surface area (Å²) in [4.78, 5) is 18.7. The van der Waals surface area contributed by atoms with Crippen molar-refractivity contribution in [3.05, 3.63) is 17.8 Å². The van der Waals surface area contributed by atoms with Gasteiger partial charge >= 0.3 is 0 Å². The second-order valence-electron chi connectivity index (χ2n) is 4.44. The van der Waals surface area contributed by atoms with Crippen molar-refractivity contribution in [1.29, 1.82) is 0 Å². The van der Waals surface area contributed by atoms with E-state index in [1.165, 1.54) is 6.33 Å². The summed E-state index contributed by atoms with van der Waals surface area (Å²) in [5, 5.41) is 2.78. The first kappa shape index (κ1) is 13.3. The van der Waals surface area contributed by atoms with E-state index in [4.69, 9.17) is 5.73 Å². The number of halogens is 1. The van der Waals surface area contributed by atoms with E-state index >= 15 is 0 Å². The maximum Gasteiger partial charge on any atom is 0.224 e. The van der Waals surface area contributed by atoms with Crippen LogP contribution in [0.25, 0.3) is 0 Å². The normalized spacial score (nSPS) is 11.3. The minimum absolute atomic E-state index is 0.103. The summed E-state index contributed by atoms with van der Waals surface area (Å²) >= 11 is 0. The van der Waals surface area contributed by atoms with E-state index in [1.54, 1.807) is 13.8 Å². The number of carbonyl (C=O) groups is 1. The van der Waals surface area contributed by atoms with Crippen LogP contribution in [0, 0.1) is 11.2 Å². The Balaban J connectivity index is 2.80. The number of rotatable bonds is 5. The molecule has 94 valence electrons. The number of aryl methyl sites for hydroxylation is 1. The molecule has 0 spiro atoms. The van der Waals surface area contributed by atoms with E-state index in [9.17, 15) is 9.18 Å². The number of primary amides is 1. The van der Waals surface area contributed by atoms with Crippen LogP contribution in [0.2, 0.25) is 0 Å². The third-order valence-electron chi connectivity index (χ3n) is 2.56. The number of hydrogen-bond donors (Lipinski definition) is 2. The number of nitrogens with one attached hydrogen (secondary N) is 1. The lowest BCUT2D eigenvalue weighted by atomic mass is 9.93. The maximum absolute atomic E-state index is 13.7. The van der Waals surface area contributed by atoms with E-state index in [-0.39, 0.29) is 12.4 Å². The van der Waals surface area contributed by atoms with Crippen molar-refractivity contribution in [2.24, 2.45) is 11.1 Å². The summed E-state index contributed by atoms with van der Waals surface area (Å²) in [5.74, 6) is -0.823. The van der Waals surface area contributed by atoms with Gasteiger partial charge in [0.05, 0.1) is 11.1 Å². The van der Waals surface area contributed by atoms with Crippen LogP contribution in [0.3, 0.4) is 0 Å². The minimum Gasteiger partial charge on any atom is -0.369 e. The molecule has 5 nitrogen and oxygen atoms in total. The van der Waals surface area contributed by atoms with Gasteiger partial charge in [0.25, 0.3) is 0 Å². The van der Waals surface area contributed by atoms with Crippen molar-refractivity contribution < 1.29 is 9.18 Å². The SMILES string of the molecule is CCc1ncnc(NCC(C)(C)C(N)=O)c1F. The molecule has 0 aromatic carbocycles. The molecule has 0 radical (unpaired) electrons. The molecule has 17 heavy (non-hydrogen) atoms. The van der Waals surface area contributed by atoms with Gasteiger partial charge in [0.1, 0.15) is 6.33 Å². The monoisotopic (exact) mass is 240 g/mol. The van der Waals surface area contributed by atoms with Gasteiger partial charge in [0, 0.05) is 6.54 Å². The van der Waals surface area contributed by atoms with Crippen LogP contribution < -0.4 is 11.1 Å². The predicted octanol–water partition coefficient (Wildman–Crippen LogP) is 1.10. The lowest BCUT2D eigenvalue weighted by Gasteiger charge is -2.21. The van der Waals surface area contributed by atoms with E-state index in [2.05, 4.69) is 15.3 Å². The van der Waals surface area contributed by atoms with Gasteiger partial charge in [-0.05, 0) is 20.3 Å². The second kappa shape index (κ2) is 5.07. The van der Waals surface area contributed by atoms with E-state index in [0.717, 1.165) is 0 Å². The molecule has 6 heteroatoms. The van der Waals surface area contributed by atoms with Gasteiger partial charge in [0.2, 0.25) is 5.91 Å². The fourth-order valence-corrected chi connectivity index (χ4v) is 1.17. The third kappa shape index (κ3) is 3.12. The number of carbonyl (C=O) groups excluding carboxylic acids is 1. The van der Waals surface area contributed by atoms with E-state index in [0.29, 0.717) is 12.1 Å². The van der Waals surface area contributed by atoms with Crippen LogP contribution in [-0.4, -0.2) is 22.4 Å². The summed E-state index contributed by atoms with van der Waals surface area (Å²) in [5.41, 5.74) is 4.81. The molecule has 1 rings (SSSR count). The highest BCUT2D eigenvalue weighted by Crippen LogP contribution is 2.18. The largest absolute Gasteiger partial charge is 0.369 e. The van der Waals surface area contributed by atoms with Crippen LogP contribution in [0.1, 0.15) is 26.5 Å². The van der Waals surface area contributed by atoms with Crippen LogP contribution in [0.15, 0.2) is 6.33 Å². The standard InChI is InChI=1S/C11H17FN4O/c1-4-7-8(12)9(16-6-15-7)14-5-11(2,3)10(13)17/h6H,4-5H2,1-3H3,(H2,13,17)(H,14,15,16). The molecular weight excluding hydrogens is 223 g/mol. The quantitative estimate of drug-likeness (QED) is 0.807. The number of amides is 1. The van der Waals surface area contributed by atoms with Crippen LogP contribution >= 0.6 is 0 Å². The van der Waals surface area contributed by atoms with Crippen LogP contribution in [0.4, 0.5) is 10.2 Å². The van der Waals surface area contributed by atoms with Crippen molar-refractivity contribution in [2.45, 2.75) is 27.2 Å². The second-order valence-corrected chi connectivity index (χ2v) is 4.44. The van der Waals surface area contributed by atoms with Crippen molar-refractivity contribution in [1.82, 2.24) is 9.97 Å². The van der Waals surface area contributed by atoms with Crippen LogP contribution in [0.5, 0.6) is 0 Å². The zero-order valence-corrected chi connectivity index (χ0v) is 10.2. The molecule has 0 aliphatic heterocycles. The molecule has 0 unspecified atom stereocenters. The Morgan fingerprint density at radius 1 is 1.53 bits per heavy atom. The fraction of sp³-hybridized carbons (Fsp3) is 0.545. The Morgan fingerprint density at radius 2 is 2.18 bits per heavy atom. The topological polar surface area (TPSA) is 80.9 Å². The van der Waals surface area contributed by atoms with Gasteiger partial charge in [0.15, 0.2) is 11.6 Å². The molecule has 1 heterocycles. The van der Waals surface area contributed by atoms with E-state index < -0.39 is 17.1 Å². The van der Waals surface area contributed by atoms with Crippen molar-refractivity contribution in [3.63, 3.8) is 0 Å². The molecule has 0 aliphatic carbocycles. The molecule has 0 bridgehead atoms. The van der Waals surface area contributed by atoms with Gasteiger partial charge in [-0.25, -0.2) is 14.4 Å². The average Bonchev–Trinajstić information content (AvgIpc) is 2.27. The Bertz CT molecular complexity index is 420. The smallest absolute Gasteiger partial charge is 0.224 e. The molecular formula is C11H17FN4O. The van der Waals surface area contributed by atoms with Gasteiger partial charge in [-0.3, -0.25) is 4.79 Å². The lowest BCUT2D eigenvalue weighted by molar-refractivity contribution is -0.125. The molecule has 1 aromatic rings. The molecule has 1 aromatic heterocycles. The zero-order chi connectivity index (χ0) is 13.1. The summed E-state index contributed by atoms with van der Waals surface area (Å²) in [6, 6.07) is 0. The number of hydrogen-bond acceptors (Lipinski definition) is 4. The molecule has 0 saturated carbocycles. The molecule has 1 amide bonds. The highest BCUT2D eigenvalue weighted by molar-refractivity contribution is 5.80. The highest BCUT2D eigenvalue weighted by atomic mass is 19.1. The summed E-state index contributed by atoms with van der Waals surface area (Å²) in [6.45, 7) is 5.40. The summed E-state index contributed by atoms with van der Waals surface area (Å²) in [6.07, 6.45) is 1.78. The number of aromatic nitrogens is 2. The Hall–Kier alpha value is -1.72. The molecule has 0 saturated heterocycles. The van der Waals surface area contributed by atoms with Crippen LogP contribution in [-0.2, 0) is 11.2 Å². The first-order valence-corrected chi connectivity index (χ1v) is 5.41. The van der Waals surface area contributed by atoms with Gasteiger partial charge in [-0.2, -0.15) is 0 Å². The first-order valence-electron chi connectivity index (χ1n) is 5.41. The highest BCUT2D eigenvalue weighted by Gasteiger charge is 2.25. The summed E-state index contributed by atoms with van der Waals surface area (Å²) in [7, 11) is 0. The third-order valence-corrected chi connectivity index (χ3v) is 2.56. The van der Waals surface area contributed by atoms with Gasteiger partial charge < -0.3 is 11.1 Å². The summed E-state index contributed by atoms with van der Waals surface area (Å²) < 4.78 is 13.7. The Labute approximate surface area is 99.6 Å². The number of anilines is 1. The molecule has 3 N–H and O–H groups in total. The number of nitrogens with zero attached hydrogens (tertiary/aromatic N) is 2. The van der Waals surface area contributed by atoms with Gasteiger partial charge in [-0.15, -0.1) is 0 Å². The molecule has 0 fully saturated rings. The van der Waals surface area contributed by atoms with Crippen molar-refractivity contribution in [2.75, 3.05) is 11.9 Å². The van der Waals surface area contributed by atoms with Crippen molar-refractivity contribution in [3.8, 4) is 0 Å². The Kier molecular flexibility index (Phi) is 3.98. The lowest BCUT2D eigenvalue weighted by Crippen LogP contribution is -2.37. The van der Waals surface area contributed by atoms with Crippen molar-refractivity contribution >= 4 is 11.7 Å². The van der Waals surface area contributed by atoms with E-state index in [1.807, 2.05) is 6.92 Å². The predicted molar refractivity (Wildman–Crippen MR) is 62.8 cm³/mol. The molecule has 0 atom stereocenters. The number of nitrogens with two attached hydrogens (primary N) is 1. The Morgan fingerprint density at radius 3 is 2.71 bits per heavy atom.